The highest BCUT2D eigenvalue weighted by Crippen LogP contribution is 2.70. The Balaban J connectivity index is 1.37. The van der Waals surface area contributed by atoms with E-state index < -0.39 is 47.3 Å². The molecule has 6 rings (SSSR count). The maximum atomic E-state index is 15.2. The maximum absolute atomic E-state index is 15.2. The zero-order valence-electron chi connectivity index (χ0n) is 25.1. The number of aliphatic hydroxyl groups is 1. The number of rotatable bonds is 6. The molecule has 0 aromatic heterocycles. The van der Waals surface area contributed by atoms with E-state index in [2.05, 4.69) is 5.32 Å². The summed E-state index contributed by atoms with van der Waals surface area (Å²) < 4.78 is 76.7. The van der Waals surface area contributed by atoms with Gasteiger partial charge in [0.25, 0.3) is 0 Å². The van der Waals surface area contributed by atoms with E-state index >= 15 is 8.78 Å². The fourth-order valence-corrected chi connectivity index (χ4v) is 8.70. The van der Waals surface area contributed by atoms with E-state index in [0.717, 1.165) is 27.8 Å². The van der Waals surface area contributed by atoms with Gasteiger partial charge in [0, 0.05) is 30.0 Å². The van der Waals surface area contributed by atoms with Crippen molar-refractivity contribution in [2.45, 2.75) is 82.0 Å². The molecule has 2 fully saturated rings. The normalized spacial score (nSPS) is 29.8. The van der Waals surface area contributed by atoms with E-state index in [9.17, 15) is 27.9 Å². The molecule has 4 aliphatic carbocycles. The van der Waals surface area contributed by atoms with E-state index in [4.69, 9.17) is 4.74 Å². The second kappa shape index (κ2) is 11.1. The number of allylic oxidation sites excluding steroid dienone is 4. The highest BCUT2D eigenvalue weighted by molar-refractivity contribution is 5.95. The molecule has 2 N–H and O–H groups in total. The van der Waals surface area contributed by atoms with Gasteiger partial charge >= 0.3 is 18.1 Å². The Morgan fingerprint density at radius 3 is 2.42 bits per heavy atom. The number of halogens is 5. The van der Waals surface area contributed by atoms with Crippen molar-refractivity contribution in [2.24, 2.45) is 17.3 Å². The number of carbonyl (C=O) groups is 2. The SMILES string of the molecule is COC(=O)c1ccccc1NCc1ccc([C@H]2C[C@@]3(C)[C@@H](CC[C@@]3(O)C(F)(F)C(F)(F)F)[C@@H]3CCC4=CC(=O)CCC4=C32)cc1. The number of hydrogen-bond donors (Lipinski definition) is 2. The molecule has 0 radical (unpaired) electrons. The lowest BCUT2D eigenvalue weighted by Gasteiger charge is -2.56. The second-order valence-electron chi connectivity index (χ2n) is 13.1. The average Bonchev–Trinajstić information content (AvgIpc) is 3.30. The monoisotopic (exact) mass is 629 g/mol. The molecule has 45 heavy (non-hydrogen) atoms. The van der Waals surface area contributed by atoms with Crippen LogP contribution in [0, 0.1) is 17.3 Å². The van der Waals surface area contributed by atoms with Crippen molar-refractivity contribution >= 4 is 17.4 Å². The molecular formula is C35H36F5NO4. The van der Waals surface area contributed by atoms with E-state index in [0.29, 0.717) is 43.5 Å². The van der Waals surface area contributed by atoms with E-state index in [1.165, 1.54) is 14.0 Å². The summed E-state index contributed by atoms with van der Waals surface area (Å²) in [6.45, 7) is 1.79. The Morgan fingerprint density at radius 2 is 1.73 bits per heavy atom. The van der Waals surface area contributed by atoms with Gasteiger partial charge in [0.2, 0.25) is 0 Å². The summed E-state index contributed by atoms with van der Waals surface area (Å²) in [7, 11) is 1.31. The number of ether oxygens (including phenoxy) is 1. The lowest BCUT2D eigenvalue weighted by atomic mass is 9.50. The van der Waals surface area contributed by atoms with Crippen molar-refractivity contribution in [3.05, 3.63) is 88.0 Å². The number of benzene rings is 2. The Kier molecular flexibility index (Phi) is 7.74. The molecule has 2 aromatic rings. The zero-order chi connectivity index (χ0) is 32.4. The smallest absolute Gasteiger partial charge is 0.456 e. The summed E-state index contributed by atoms with van der Waals surface area (Å²) in [5, 5.41) is 14.7. The Hall–Kier alpha value is -3.53. The Labute approximate surface area is 258 Å². The number of hydrogen-bond acceptors (Lipinski definition) is 5. The fraction of sp³-hybridized carbons (Fsp3) is 0.486. The first-order valence-electron chi connectivity index (χ1n) is 15.4. The van der Waals surface area contributed by atoms with Gasteiger partial charge in [-0.1, -0.05) is 48.9 Å². The predicted octanol–water partition coefficient (Wildman–Crippen LogP) is 7.91. The molecule has 2 saturated carbocycles. The standard InChI is InChI=1S/C35H36F5NO4/c1-32-18-27(21-9-7-20(8-10-21)19-41-29-6-4-3-5-26(29)31(43)45-2)30-24-14-12-23(42)17-22(24)11-13-25(30)28(32)15-16-33(32,44)34(36,37)35(38,39)40/h3-10,17,25,27-28,41,44H,11-16,18-19H2,1-2H3/t25-,27+,28-,32-,33-/m0/s1. The van der Waals surface area contributed by atoms with Crippen molar-refractivity contribution in [1.82, 2.24) is 0 Å². The summed E-state index contributed by atoms with van der Waals surface area (Å²) in [5.74, 6) is -7.04. The van der Waals surface area contributed by atoms with Crippen LogP contribution in [0.1, 0.15) is 79.3 Å². The topological polar surface area (TPSA) is 75.6 Å². The van der Waals surface area contributed by atoms with Crippen LogP contribution in [0.3, 0.4) is 0 Å². The third-order valence-corrected chi connectivity index (χ3v) is 11.0. The molecule has 240 valence electrons. The molecule has 5 atom stereocenters. The van der Waals surface area contributed by atoms with Gasteiger partial charge in [-0.2, -0.15) is 22.0 Å². The fourth-order valence-electron chi connectivity index (χ4n) is 8.70. The Bertz CT molecular complexity index is 1580. The highest BCUT2D eigenvalue weighted by Gasteiger charge is 2.79. The molecule has 0 unspecified atom stereocenters. The predicted molar refractivity (Wildman–Crippen MR) is 158 cm³/mol. The first kappa shape index (κ1) is 31.5. The number of anilines is 1. The number of fused-ring (bicyclic) bond motifs is 4. The first-order valence-corrected chi connectivity index (χ1v) is 15.4. The molecule has 0 saturated heterocycles. The van der Waals surface area contributed by atoms with Crippen LogP contribution in [0.4, 0.5) is 27.6 Å². The van der Waals surface area contributed by atoms with Crippen LogP contribution in [-0.2, 0) is 16.1 Å². The first-order chi connectivity index (χ1) is 21.2. The number of methoxy groups -OCH3 is 1. The number of alkyl halides is 5. The molecule has 0 bridgehead atoms. The van der Waals surface area contributed by atoms with Crippen molar-refractivity contribution in [2.75, 3.05) is 12.4 Å². The van der Waals surface area contributed by atoms with Crippen LogP contribution in [-0.4, -0.2) is 41.7 Å². The molecule has 0 aliphatic heterocycles. The summed E-state index contributed by atoms with van der Waals surface area (Å²) in [6, 6.07) is 14.4. The van der Waals surface area contributed by atoms with Crippen LogP contribution in [0.5, 0.6) is 0 Å². The van der Waals surface area contributed by atoms with Gasteiger partial charge < -0.3 is 15.2 Å². The van der Waals surface area contributed by atoms with Crippen LogP contribution in [0.2, 0.25) is 0 Å². The molecule has 2 aromatic carbocycles. The van der Waals surface area contributed by atoms with Crippen molar-refractivity contribution < 1.29 is 41.4 Å². The Morgan fingerprint density at radius 1 is 1.02 bits per heavy atom. The van der Waals surface area contributed by atoms with Gasteiger partial charge in [-0.3, -0.25) is 4.79 Å². The summed E-state index contributed by atoms with van der Waals surface area (Å²) in [5.41, 5.74) is 0.652. The number of esters is 1. The van der Waals surface area contributed by atoms with Gasteiger partial charge in [-0.25, -0.2) is 4.79 Å². The lowest BCUT2D eigenvalue weighted by Crippen LogP contribution is -2.65. The van der Waals surface area contributed by atoms with Crippen LogP contribution in [0.25, 0.3) is 0 Å². The summed E-state index contributed by atoms with van der Waals surface area (Å²) in [6.07, 6.45) is -2.92. The third-order valence-electron chi connectivity index (χ3n) is 11.0. The molecule has 0 spiro atoms. The van der Waals surface area contributed by atoms with Crippen LogP contribution < -0.4 is 5.32 Å². The maximum Gasteiger partial charge on any atom is 0.456 e. The quantitative estimate of drug-likeness (QED) is 0.251. The summed E-state index contributed by atoms with van der Waals surface area (Å²) >= 11 is 0. The summed E-state index contributed by atoms with van der Waals surface area (Å²) in [4.78, 5) is 24.4. The molecule has 4 aliphatic rings. The third kappa shape index (κ3) is 4.91. The molecule has 0 heterocycles. The highest BCUT2D eigenvalue weighted by atomic mass is 19.4. The van der Waals surface area contributed by atoms with Crippen LogP contribution in [0.15, 0.2) is 71.3 Å². The molecule has 0 amide bonds. The van der Waals surface area contributed by atoms with Crippen LogP contribution >= 0.6 is 0 Å². The minimum absolute atomic E-state index is 0.0377. The minimum Gasteiger partial charge on any atom is -0.465 e. The number of para-hydroxylation sites is 1. The van der Waals surface area contributed by atoms with Crippen molar-refractivity contribution in [1.29, 1.82) is 0 Å². The van der Waals surface area contributed by atoms with Gasteiger partial charge in [0.05, 0.1) is 12.7 Å². The van der Waals surface area contributed by atoms with Gasteiger partial charge in [0.1, 0.15) is 5.60 Å². The van der Waals surface area contributed by atoms with E-state index in [1.54, 1.807) is 30.3 Å². The number of ketones is 1. The van der Waals surface area contributed by atoms with E-state index in [-0.39, 0.29) is 24.5 Å². The number of nitrogens with one attached hydrogen (secondary N) is 1. The lowest BCUT2D eigenvalue weighted by molar-refractivity contribution is -0.362. The van der Waals surface area contributed by atoms with Gasteiger partial charge in [0.15, 0.2) is 5.78 Å². The van der Waals surface area contributed by atoms with Gasteiger partial charge in [-0.15, -0.1) is 0 Å². The molecular weight excluding hydrogens is 593 g/mol. The van der Waals surface area contributed by atoms with Crippen molar-refractivity contribution in [3.8, 4) is 0 Å². The zero-order valence-corrected chi connectivity index (χ0v) is 25.1. The molecule has 5 nitrogen and oxygen atoms in total. The van der Waals surface area contributed by atoms with E-state index in [1.807, 2.05) is 24.3 Å². The second-order valence-corrected chi connectivity index (χ2v) is 13.1. The minimum atomic E-state index is -5.89. The molecule has 10 heteroatoms. The largest absolute Gasteiger partial charge is 0.465 e. The van der Waals surface area contributed by atoms with Gasteiger partial charge in [-0.05, 0) is 90.8 Å². The number of carbonyl (C=O) groups excluding carboxylic acids is 2. The van der Waals surface area contributed by atoms with Crippen molar-refractivity contribution in [3.63, 3.8) is 0 Å². The average molecular weight is 630 g/mol.